The summed E-state index contributed by atoms with van der Waals surface area (Å²) >= 11 is 2.05. The van der Waals surface area contributed by atoms with Crippen molar-refractivity contribution in [3.05, 3.63) is 110 Å². The number of nitrogens with zero attached hydrogens (tertiary/aromatic N) is 2. The van der Waals surface area contributed by atoms with Crippen LogP contribution in [0.25, 0.3) is 22.5 Å². The van der Waals surface area contributed by atoms with Gasteiger partial charge >= 0.3 is 5.69 Å². The minimum Gasteiger partial charge on any atom is -0.493 e. The Kier molecular flexibility index (Phi) is 8.13. The maximum Gasteiger partial charge on any atom is 0.329 e. The first kappa shape index (κ1) is 26.7. The molecule has 0 aliphatic carbocycles. The molecule has 3 aromatic carbocycles. The maximum atomic E-state index is 14.7. The normalized spacial score (nSPS) is 12.0. The van der Waals surface area contributed by atoms with Crippen LogP contribution in [0.15, 0.2) is 83.8 Å². The Morgan fingerprint density at radius 3 is 2.54 bits per heavy atom. The third kappa shape index (κ3) is 5.91. The van der Waals surface area contributed by atoms with Gasteiger partial charge in [0.1, 0.15) is 35.7 Å². The van der Waals surface area contributed by atoms with Crippen LogP contribution in [0, 0.1) is 9.39 Å². The van der Waals surface area contributed by atoms with Crippen molar-refractivity contribution in [1.29, 1.82) is 0 Å². The lowest BCUT2D eigenvalue weighted by Crippen LogP contribution is -2.25. The lowest BCUT2D eigenvalue weighted by atomic mass is 10.0. The molecule has 0 saturated carbocycles. The molecule has 3 N–H and O–H groups in total. The molecule has 0 fully saturated rings. The average molecular weight is 640 g/mol. The van der Waals surface area contributed by atoms with Gasteiger partial charge < -0.3 is 24.5 Å². The van der Waals surface area contributed by atoms with Crippen molar-refractivity contribution in [2.45, 2.75) is 12.5 Å². The lowest BCUT2D eigenvalue weighted by Gasteiger charge is -2.17. The first-order valence-electron chi connectivity index (χ1n) is 12.2. The molecular weight excluding hydrogens is 614 g/mol. The van der Waals surface area contributed by atoms with Crippen molar-refractivity contribution < 1.29 is 19.0 Å². The van der Waals surface area contributed by atoms with Crippen molar-refractivity contribution in [3.8, 4) is 34.1 Å². The fourth-order valence-corrected chi connectivity index (χ4v) is 4.84. The highest BCUT2D eigenvalue weighted by molar-refractivity contribution is 14.1. The number of H-pyrrole nitrogens is 2. The molecule has 0 radical (unpaired) electrons. The number of aromatic amines is 2. The van der Waals surface area contributed by atoms with Gasteiger partial charge in [-0.15, -0.1) is 0 Å². The van der Waals surface area contributed by atoms with Crippen molar-refractivity contribution >= 4 is 22.6 Å². The van der Waals surface area contributed by atoms with Crippen LogP contribution < -0.4 is 10.4 Å². The van der Waals surface area contributed by atoms with Gasteiger partial charge in [0.2, 0.25) is 5.88 Å². The fourth-order valence-electron chi connectivity index (χ4n) is 4.39. The summed E-state index contributed by atoms with van der Waals surface area (Å²) in [4.78, 5) is 23.7. The summed E-state index contributed by atoms with van der Waals surface area (Å²) in [7, 11) is 1.60. The monoisotopic (exact) mass is 640 g/mol. The minimum atomic E-state index is -0.692. The molecule has 10 heteroatoms. The molecule has 2 aromatic heterocycles. The van der Waals surface area contributed by atoms with Crippen LogP contribution >= 0.6 is 22.6 Å². The van der Waals surface area contributed by atoms with E-state index in [0.29, 0.717) is 48.0 Å². The maximum absolute atomic E-state index is 14.7. The van der Waals surface area contributed by atoms with Crippen LogP contribution in [0.5, 0.6) is 11.6 Å². The number of nitrogens with one attached hydrogen (secondary N) is 2. The quantitative estimate of drug-likeness (QED) is 0.137. The van der Waals surface area contributed by atoms with E-state index in [9.17, 15) is 14.3 Å². The van der Waals surface area contributed by atoms with Crippen LogP contribution in [0.1, 0.15) is 17.4 Å². The standard InChI is InChI=1S/C29H26FIN4O4/c1-38-13-14-39-21-10-7-19(8-11-21)26-28(36)35(29(37)34-26)25(15-18-5-3-2-4-6-18)27-32-17-24(33-27)22-12-9-20(31)16-23(22)30/h2-12,16-17,25,36H,13-15H2,1H3,(H,32,33)(H,34,37)/t25-/m1/s1. The first-order chi connectivity index (χ1) is 18.9. The Morgan fingerprint density at radius 2 is 1.82 bits per heavy atom. The molecule has 5 rings (SSSR count). The third-order valence-electron chi connectivity index (χ3n) is 6.32. The van der Waals surface area contributed by atoms with E-state index in [1.165, 1.54) is 16.8 Å². The van der Waals surface area contributed by atoms with E-state index in [4.69, 9.17) is 9.47 Å². The zero-order valence-electron chi connectivity index (χ0n) is 21.0. The van der Waals surface area contributed by atoms with Gasteiger partial charge in [-0.3, -0.25) is 4.57 Å². The predicted molar refractivity (Wildman–Crippen MR) is 155 cm³/mol. The molecule has 200 valence electrons. The number of benzene rings is 3. The number of ether oxygens (including phenoxy) is 2. The van der Waals surface area contributed by atoms with E-state index in [0.717, 1.165) is 9.13 Å². The molecule has 5 aromatic rings. The Bertz CT molecular complexity index is 1610. The van der Waals surface area contributed by atoms with Gasteiger partial charge in [-0.25, -0.2) is 14.2 Å². The van der Waals surface area contributed by atoms with Gasteiger partial charge in [-0.2, -0.15) is 0 Å². The van der Waals surface area contributed by atoms with Gasteiger partial charge in [-0.05, 0) is 70.6 Å². The molecule has 39 heavy (non-hydrogen) atoms. The van der Waals surface area contributed by atoms with Crippen LogP contribution in [0.4, 0.5) is 4.39 Å². The highest BCUT2D eigenvalue weighted by Gasteiger charge is 2.26. The molecule has 8 nitrogen and oxygen atoms in total. The summed E-state index contributed by atoms with van der Waals surface area (Å²) in [5, 5.41) is 11.3. The number of halogens is 2. The Morgan fingerprint density at radius 1 is 1.05 bits per heavy atom. The zero-order chi connectivity index (χ0) is 27.4. The molecule has 0 spiro atoms. The summed E-state index contributed by atoms with van der Waals surface area (Å²) in [6.07, 6.45) is 1.90. The van der Waals surface area contributed by atoms with Gasteiger partial charge in [-0.1, -0.05) is 30.3 Å². The van der Waals surface area contributed by atoms with Crippen LogP contribution in [0.2, 0.25) is 0 Å². The van der Waals surface area contributed by atoms with Gasteiger partial charge in [0.25, 0.3) is 0 Å². The predicted octanol–water partition coefficient (Wildman–Crippen LogP) is 5.54. The summed E-state index contributed by atoms with van der Waals surface area (Å²) < 4.78 is 27.3. The van der Waals surface area contributed by atoms with E-state index in [2.05, 4.69) is 37.5 Å². The van der Waals surface area contributed by atoms with Crippen LogP contribution in [-0.2, 0) is 11.2 Å². The lowest BCUT2D eigenvalue weighted by molar-refractivity contribution is 0.146. The van der Waals surface area contributed by atoms with Crippen molar-refractivity contribution in [2.24, 2.45) is 0 Å². The van der Waals surface area contributed by atoms with E-state index in [1.807, 2.05) is 36.4 Å². The van der Waals surface area contributed by atoms with Crippen LogP contribution in [-0.4, -0.2) is 44.9 Å². The highest BCUT2D eigenvalue weighted by atomic mass is 127. The molecule has 0 unspecified atom stereocenters. The van der Waals surface area contributed by atoms with Crippen LogP contribution in [0.3, 0.4) is 0 Å². The Balaban J connectivity index is 1.52. The molecule has 0 bridgehead atoms. The third-order valence-corrected chi connectivity index (χ3v) is 6.99. The molecular formula is C29H26FIN4O4. The second-order valence-electron chi connectivity index (χ2n) is 8.88. The van der Waals surface area contributed by atoms with Crippen molar-refractivity contribution in [2.75, 3.05) is 20.3 Å². The number of methoxy groups -OCH3 is 1. The van der Waals surface area contributed by atoms with E-state index >= 15 is 0 Å². The fraction of sp³-hybridized carbons (Fsp3) is 0.172. The number of hydrogen-bond acceptors (Lipinski definition) is 5. The summed E-state index contributed by atoms with van der Waals surface area (Å²) in [6.45, 7) is 0.874. The molecule has 1 atom stereocenters. The first-order valence-corrected chi connectivity index (χ1v) is 13.3. The number of hydrogen-bond donors (Lipinski definition) is 3. The molecule has 2 heterocycles. The second-order valence-corrected chi connectivity index (χ2v) is 10.1. The molecule has 0 saturated heterocycles. The molecule has 0 amide bonds. The second kappa shape index (κ2) is 11.9. The van der Waals surface area contributed by atoms with Gasteiger partial charge in [0, 0.05) is 28.2 Å². The Labute approximate surface area is 237 Å². The SMILES string of the molecule is COCCOc1ccc(-c2[nH]c(=O)n([C@H](Cc3ccccc3)c3ncc(-c4ccc(I)cc4F)[nH]3)c2O)cc1. The zero-order valence-corrected chi connectivity index (χ0v) is 23.2. The summed E-state index contributed by atoms with van der Waals surface area (Å²) in [5.41, 5.74) is 2.17. The van der Waals surface area contributed by atoms with Crippen molar-refractivity contribution in [1.82, 2.24) is 19.5 Å². The van der Waals surface area contributed by atoms with E-state index < -0.39 is 11.7 Å². The van der Waals surface area contributed by atoms with Gasteiger partial charge in [0.15, 0.2) is 0 Å². The highest BCUT2D eigenvalue weighted by Crippen LogP contribution is 2.33. The number of imidazole rings is 2. The van der Waals surface area contributed by atoms with E-state index in [1.54, 1.807) is 37.4 Å². The average Bonchev–Trinajstić information content (AvgIpc) is 3.53. The van der Waals surface area contributed by atoms with Crippen molar-refractivity contribution in [3.63, 3.8) is 0 Å². The summed E-state index contributed by atoms with van der Waals surface area (Å²) in [6, 6.07) is 20.9. The number of aromatic nitrogens is 4. The number of aromatic hydroxyl groups is 1. The Hall–Kier alpha value is -3.90. The molecule has 0 aliphatic heterocycles. The molecule has 0 aliphatic rings. The topological polar surface area (TPSA) is 105 Å². The minimum absolute atomic E-state index is 0.229. The smallest absolute Gasteiger partial charge is 0.329 e. The van der Waals surface area contributed by atoms with E-state index in [-0.39, 0.29) is 17.4 Å². The number of rotatable bonds is 10. The van der Waals surface area contributed by atoms with Gasteiger partial charge in [0.05, 0.1) is 18.5 Å². The summed E-state index contributed by atoms with van der Waals surface area (Å²) in [5.74, 6) is 0.448. The largest absolute Gasteiger partial charge is 0.493 e.